The maximum Gasteiger partial charge on any atom is 0.256 e. The fourth-order valence-electron chi connectivity index (χ4n) is 3.10. The molecule has 114 valence electrons. The number of carbonyl (C=O) groups is 1. The second kappa shape index (κ2) is 5.60. The zero-order valence-electron chi connectivity index (χ0n) is 12.5. The highest BCUT2D eigenvalue weighted by Gasteiger charge is 2.34. The van der Waals surface area contributed by atoms with Crippen LogP contribution in [0.4, 0.5) is 0 Å². The first-order valence-corrected chi connectivity index (χ1v) is 7.57. The number of carbonyl (C=O) groups excluding carboxylic acids is 1. The third kappa shape index (κ3) is 2.60. The molecule has 3 heterocycles. The summed E-state index contributed by atoms with van der Waals surface area (Å²) in [5, 5.41) is 0. The van der Waals surface area contributed by atoms with Crippen molar-refractivity contribution in [2.24, 2.45) is 7.05 Å². The molecule has 2 atom stereocenters. The normalized spacial score (nSPS) is 25.0. The minimum atomic E-state index is -0.317. The fourth-order valence-corrected chi connectivity index (χ4v) is 3.10. The number of aromatic nitrogens is 2. The van der Waals surface area contributed by atoms with Gasteiger partial charge in [-0.05, 0) is 25.7 Å². The number of aryl methyl sites for hydroxylation is 1. The Labute approximate surface area is 123 Å². The first-order valence-electron chi connectivity index (χ1n) is 7.57. The molecule has 6 heteroatoms. The van der Waals surface area contributed by atoms with E-state index in [4.69, 9.17) is 4.74 Å². The molecule has 0 aliphatic carbocycles. The molecule has 1 aromatic heterocycles. The Kier molecular flexibility index (Phi) is 3.80. The summed E-state index contributed by atoms with van der Waals surface area (Å²) in [6.45, 7) is 3.07. The van der Waals surface area contributed by atoms with Gasteiger partial charge in [-0.15, -0.1) is 0 Å². The molecular formula is C15H21N3O3. The summed E-state index contributed by atoms with van der Waals surface area (Å²) in [5.41, 5.74) is 1.46. The minimum Gasteiger partial charge on any atom is -0.365 e. The van der Waals surface area contributed by atoms with Crippen molar-refractivity contribution in [1.82, 2.24) is 14.5 Å². The van der Waals surface area contributed by atoms with Gasteiger partial charge < -0.3 is 14.2 Å². The third-order valence-corrected chi connectivity index (χ3v) is 4.44. The predicted octanol–water partition coefficient (Wildman–Crippen LogP) is 0.623. The van der Waals surface area contributed by atoms with E-state index in [1.54, 1.807) is 11.9 Å². The number of hydrogen-bond donors (Lipinski definition) is 0. The van der Waals surface area contributed by atoms with Crippen LogP contribution in [-0.4, -0.2) is 39.1 Å². The summed E-state index contributed by atoms with van der Waals surface area (Å²) in [6.07, 6.45) is 4.69. The van der Waals surface area contributed by atoms with Gasteiger partial charge in [0.25, 0.3) is 11.5 Å². The number of amides is 1. The lowest BCUT2D eigenvalue weighted by Gasteiger charge is -2.29. The summed E-state index contributed by atoms with van der Waals surface area (Å²) < 4.78 is 7.27. The molecule has 0 spiro atoms. The molecule has 1 amide bonds. The van der Waals surface area contributed by atoms with Crippen LogP contribution in [0.2, 0.25) is 0 Å². The maximum atomic E-state index is 12.5. The van der Waals surface area contributed by atoms with Gasteiger partial charge in [-0.3, -0.25) is 9.59 Å². The Balaban J connectivity index is 1.73. The maximum absolute atomic E-state index is 12.5. The molecule has 0 unspecified atom stereocenters. The van der Waals surface area contributed by atoms with Crippen LogP contribution in [0.1, 0.15) is 37.4 Å². The quantitative estimate of drug-likeness (QED) is 0.801. The molecule has 0 N–H and O–H groups in total. The van der Waals surface area contributed by atoms with Gasteiger partial charge in [0, 0.05) is 19.2 Å². The fraction of sp³-hybridized carbons (Fsp3) is 0.667. The molecule has 0 aromatic carbocycles. The SMILES string of the molecule is CC[C@H]1CC[C@@H](C(=O)N2CCc3c(ncn(C)c3=O)C2)O1. The van der Waals surface area contributed by atoms with E-state index < -0.39 is 0 Å². The van der Waals surface area contributed by atoms with E-state index in [1.165, 1.54) is 10.9 Å². The lowest BCUT2D eigenvalue weighted by atomic mass is 10.1. The standard InChI is InChI=1S/C15H21N3O3/c1-3-10-4-5-13(21-10)15(20)18-7-6-11-12(8-18)16-9-17(2)14(11)19/h9-10,13H,3-8H2,1-2H3/t10-,13-/m0/s1. The Morgan fingerprint density at radius 3 is 3.00 bits per heavy atom. The Hall–Kier alpha value is -1.69. The summed E-state index contributed by atoms with van der Waals surface area (Å²) in [7, 11) is 1.70. The second-order valence-electron chi connectivity index (χ2n) is 5.83. The first kappa shape index (κ1) is 14.3. The zero-order valence-corrected chi connectivity index (χ0v) is 12.5. The van der Waals surface area contributed by atoms with Gasteiger partial charge in [-0.1, -0.05) is 6.92 Å². The van der Waals surface area contributed by atoms with Crippen molar-refractivity contribution in [3.05, 3.63) is 27.9 Å². The van der Waals surface area contributed by atoms with Gasteiger partial charge in [0.2, 0.25) is 0 Å². The van der Waals surface area contributed by atoms with Crippen LogP contribution < -0.4 is 5.56 Å². The Morgan fingerprint density at radius 1 is 1.48 bits per heavy atom. The summed E-state index contributed by atoms with van der Waals surface area (Å²) >= 11 is 0. The average molecular weight is 291 g/mol. The van der Waals surface area contributed by atoms with E-state index in [0.717, 1.165) is 30.5 Å². The van der Waals surface area contributed by atoms with Crippen LogP contribution >= 0.6 is 0 Å². The van der Waals surface area contributed by atoms with E-state index in [-0.39, 0.29) is 23.7 Å². The lowest BCUT2D eigenvalue weighted by Crippen LogP contribution is -2.44. The topological polar surface area (TPSA) is 64.4 Å². The molecule has 6 nitrogen and oxygen atoms in total. The number of fused-ring (bicyclic) bond motifs is 1. The van der Waals surface area contributed by atoms with E-state index in [0.29, 0.717) is 19.5 Å². The highest BCUT2D eigenvalue weighted by atomic mass is 16.5. The van der Waals surface area contributed by atoms with Gasteiger partial charge in [0.1, 0.15) is 6.10 Å². The number of hydrogen-bond acceptors (Lipinski definition) is 4. The lowest BCUT2D eigenvalue weighted by molar-refractivity contribution is -0.144. The van der Waals surface area contributed by atoms with Crippen molar-refractivity contribution >= 4 is 5.91 Å². The molecule has 0 radical (unpaired) electrons. The van der Waals surface area contributed by atoms with Crippen LogP contribution in [0.5, 0.6) is 0 Å². The van der Waals surface area contributed by atoms with Gasteiger partial charge in [-0.2, -0.15) is 0 Å². The largest absolute Gasteiger partial charge is 0.365 e. The van der Waals surface area contributed by atoms with Crippen molar-refractivity contribution in [3.8, 4) is 0 Å². The number of nitrogens with zero attached hydrogens (tertiary/aromatic N) is 3. The molecule has 2 aliphatic heterocycles. The van der Waals surface area contributed by atoms with Crippen LogP contribution in [0, 0.1) is 0 Å². The molecule has 21 heavy (non-hydrogen) atoms. The van der Waals surface area contributed by atoms with Gasteiger partial charge in [0.05, 0.1) is 24.7 Å². The van der Waals surface area contributed by atoms with Crippen molar-refractivity contribution in [2.45, 2.75) is 51.4 Å². The summed E-state index contributed by atoms with van der Waals surface area (Å²) in [4.78, 5) is 30.6. The Morgan fingerprint density at radius 2 is 2.29 bits per heavy atom. The molecule has 3 rings (SSSR count). The van der Waals surface area contributed by atoms with Crippen molar-refractivity contribution in [1.29, 1.82) is 0 Å². The van der Waals surface area contributed by atoms with Gasteiger partial charge in [0.15, 0.2) is 0 Å². The monoisotopic (exact) mass is 291 g/mol. The molecule has 1 saturated heterocycles. The highest BCUT2D eigenvalue weighted by molar-refractivity contribution is 5.81. The molecular weight excluding hydrogens is 270 g/mol. The number of ether oxygens (including phenoxy) is 1. The smallest absolute Gasteiger partial charge is 0.256 e. The molecule has 0 bridgehead atoms. The van der Waals surface area contributed by atoms with E-state index in [2.05, 4.69) is 11.9 Å². The van der Waals surface area contributed by atoms with E-state index in [1.807, 2.05) is 0 Å². The van der Waals surface area contributed by atoms with Crippen molar-refractivity contribution < 1.29 is 9.53 Å². The third-order valence-electron chi connectivity index (χ3n) is 4.44. The average Bonchev–Trinajstić information content (AvgIpc) is 2.99. The van der Waals surface area contributed by atoms with Crippen LogP contribution in [0.15, 0.2) is 11.1 Å². The van der Waals surface area contributed by atoms with Crippen LogP contribution in [0.3, 0.4) is 0 Å². The molecule has 2 aliphatic rings. The highest BCUT2D eigenvalue weighted by Crippen LogP contribution is 2.25. The van der Waals surface area contributed by atoms with Gasteiger partial charge >= 0.3 is 0 Å². The second-order valence-corrected chi connectivity index (χ2v) is 5.83. The molecule has 1 aromatic rings. The Bertz CT molecular complexity index is 611. The molecule has 0 saturated carbocycles. The van der Waals surface area contributed by atoms with Crippen molar-refractivity contribution in [2.75, 3.05) is 6.54 Å². The summed E-state index contributed by atoms with van der Waals surface area (Å²) in [6, 6.07) is 0. The van der Waals surface area contributed by atoms with Crippen molar-refractivity contribution in [3.63, 3.8) is 0 Å². The van der Waals surface area contributed by atoms with E-state index in [9.17, 15) is 9.59 Å². The summed E-state index contributed by atoms with van der Waals surface area (Å²) in [5.74, 6) is 0.0408. The number of rotatable bonds is 2. The predicted molar refractivity (Wildman–Crippen MR) is 76.8 cm³/mol. The van der Waals surface area contributed by atoms with Gasteiger partial charge in [-0.25, -0.2) is 4.98 Å². The zero-order chi connectivity index (χ0) is 15.0. The van der Waals surface area contributed by atoms with Crippen LogP contribution in [-0.2, 0) is 29.5 Å². The first-order chi connectivity index (χ1) is 10.1. The molecule has 1 fully saturated rings. The van der Waals surface area contributed by atoms with Crippen LogP contribution in [0.25, 0.3) is 0 Å². The van der Waals surface area contributed by atoms with E-state index >= 15 is 0 Å². The minimum absolute atomic E-state index is 0.00439.